The number of aliphatic hydroxyl groups is 1. The molecule has 0 aromatic carbocycles. The van der Waals surface area contributed by atoms with E-state index in [9.17, 15) is 0 Å². The summed E-state index contributed by atoms with van der Waals surface area (Å²) in [4.78, 5) is 0. The number of thiocarbonyl (C=S) groups is 1. The molecular weight excluding hydrogens is 142 g/mol. The summed E-state index contributed by atoms with van der Waals surface area (Å²) in [6, 6.07) is 0. The van der Waals surface area contributed by atoms with E-state index in [1.165, 1.54) is 11.8 Å². The minimum absolute atomic E-state index is 0.187. The number of thioether (sulfide) groups is 1. The molecule has 0 aliphatic carbocycles. The standard InChI is InChI=1S/C4H9NOS2/c1-5-4(7)8-3-2-6/h6H,2-3H2,1H3,(H,5,7). The number of hydrogen-bond acceptors (Lipinski definition) is 3. The van der Waals surface area contributed by atoms with Gasteiger partial charge in [-0.3, -0.25) is 0 Å². The second-order valence-corrected chi connectivity index (χ2v) is 2.88. The van der Waals surface area contributed by atoms with E-state index in [-0.39, 0.29) is 6.61 Å². The Hall–Kier alpha value is 0.200. The fourth-order valence-corrected chi connectivity index (χ4v) is 0.882. The molecule has 0 fully saturated rings. The van der Waals surface area contributed by atoms with Crippen molar-refractivity contribution in [1.29, 1.82) is 0 Å². The van der Waals surface area contributed by atoms with Gasteiger partial charge in [0.15, 0.2) is 0 Å². The van der Waals surface area contributed by atoms with Crippen molar-refractivity contribution in [1.82, 2.24) is 5.32 Å². The summed E-state index contributed by atoms with van der Waals surface area (Å²) in [7, 11) is 1.77. The summed E-state index contributed by atoms with van der Waals surface area (Å²) >= 11 is 6.21. The third-order valence-electron chi connectivity index (χ3n) is 0.529. The Labute approximate surface area is 58.7 Å². The number of hydrogen-bond donors (Lipinski definition) is 2. The van der Waals surface area contributed by atoms with Gasteiger partial charge in [-0.1, -0.05) is 24.0 Å². The summed E-state index contributed by atoms with van der Waals surface area (Å²) in [5.41, 5.74) is 0. The molecule has 0 spiro atoms. The Morgan fingerprint density at radius 1 is 1.88 bits per heavy atom. The van der Waals surface area contributed by atoms with Crippen molar-refractivity contribution in [2.24, 2.45) is 0 Å². The number of aliphatic hydroxyl groups excluding tert-OH is 1. The van der Waals surface area contributed by atoms with Crippen molar-refractivity contribution in [2.45, 2.75) is 0 Å². The van der Waals surface area contributed by atoms with Crippen LogP contribution in [-0.2, 0) is 0 Å². The predicted octanol–water partition coefficient (Wildman–Crippen LogP) is 0.216. The van der Waals surface area contributed by atoms with Crippen LogP contribution in [0.3, 0.4) is 0 Å². The van der Waals surface area contributed by atoms with Crippen molar-refractivity contribution in [2.75, 3.05) is 19.4 Å². The molecule has 48 valence electrons. The van der Waals surface area contributed by atoms with Crippen LogP contribution in [0.5, 0.6) is 0 Å². The molecule has 2 N–H and O–H groups in total. The molecule has 0 amide bonds. The van der Waals surface area contributed by atoms with Crippen LogP contribution in [0.25, 0.3) is 0 Å². The summed E-state index contributed by atoms with van der Waals surface area (Å²) in [6.07, 6.45) is 0. The van der Waals surface area contributed by atoms with E-state index >= 15 is 0 Å². The van der Waals surface area contributed by atoms with E-state index in [1.807, 2.05) is 0 Å². The summed E-state index contributed by atoms with van der Waals surface area (Å²) < 4.78 is 0.735. The van der Waals surface area contributed by atoms with Crippen molar-refractivity contribution < 1.29 is 5.11 Å². The van der Waals surface area contributed by atoms with E-state index < -0.39 is 0 Å². The van der Waals surface area contributed by atoms with Gasteiger partial charge in [0, 0.05) is 12.8 Å². The Morgan fingerprint density at radius 2 is 2.50 bits per heavy atom. The van der Waals surface area contributed by atoms with Gasteiger partial charge in [-0.05, 0) is 0 Å². The quantitative estimate of drug-likeness (QED) is 0.553. The Balaban J connectivity index is 2.99. The van der Waals surface area contributed by atoms with E-state index in [0.717, 1.165) is 4.32 Å². The van der Waals surface area contributed by atoms with Crippen LogP contribution in [0.4, 0.5) is 0 Å². The lowest BCUT2D eigenvalue weighted by Crippen LogP contribution is -2.11. The molecule has 0 heterocycles. The lowest BCUT2D eigenvalue weighted by Gasteiger charge is -1.97. The molecule has 4 heteroatoms. The average molecular weight is 151 g/mol. The molecule has 0 aliphatic rings. The van der Waals surface area contributed by atoms with E-state index in [1.54, 1.807) is 7.05 Å². The van der Waals surface area contributed by atoms with Gasteiger partial charge in [-0.15, -0.1) is 0 Å². The van der Waals surface area contributed by atoms with Crippen LogP contribution in [0.1, 0.15) is 0 Å². The second kappa shape index (κ2) is 5.34. The highest BCUT2D eigenvalue weighted by atomic mass is 32.2. The fourth-order valence-electron chi connectivity index (χ4n) is 0.211. The molecule has 0 unspecified atom stereocenters. The smallest absolute Gasteiger partial charge is 0.133 e. The highest BCUT2D eigenvalue weighted by molar-refractivity contribution is 8.22. The van der Waals surface area contributed by atoms with Crippen molar-refractivity contribution in [3.8, 4) is 0 Å². The minimum Gasteiger partial charge on any atom is -0.396 e. The molecule has 0 saturated carbocycles. The lowest BCUT2D eigenvalue weighted by atomic mass is 10.9. The number of nitrogens with one attached hydrogen (secondary N) is 1. The first-order valence-corrected chi connectivity index (χ1v) is 3.66. The van der Waals surface area contributed by atoms with Gasteiger partial charge < -0.3 is 10.4 Å². The van der Waals surface area contributed by atoms with Crippen LogP contribution < -0.4 is 5.32 Å². The first-order valence-electron chi connectivity index (χ1n) is 2.26. The molecule has 0 bridgehead atoms. The van der Waals surface area contributed by atoms with Gasteiger partial charge in [0.25, 0.3) is 0 Å². The van der Waals surface area contributed by atoms with Crippen LogP contribution in [-0.4, -0.2) is 28.8 Å². The zero-order chi connectivity index (χ0) is 6.41. The van der Waals surface area contributed by atoms with Gasteiger partial charge in [0.2, 0.25) is 0 Å². The summed E-state index contributed by atoms with van der Waals surface area (Å²) in [6.45, 7) is 0.187. The molecule has 0 aromatic heterocycles. The van der Waals surface area contributed by atoms with Gasteiger partial charge in [-0.2, -0.15) is 0 Å². The van der Waals surface area contributed by atoms with Crippen molar-refractivity contribution >= 4 is 28.3 Å². The molecule has 2 nitrogen and oxygen atoms in total. The lowest BCUT2D eigenvalue weighted by molar-refractivity contribution is 0.323. The molecule has 8 heavy (non-hydrogen) atoms. The predicted molar refractivity (Wildman–Crippen MR) is 41.2 cm³/mol. The summed E-state index contributed by atoms with van der Waals surface area (Å²) in [5, 5.41) is 11.1. The van der Waals surface area contributed by atoms with Crippen LogP contribution in [0, 0.1) is 0 Å². The molecule has 0 rings (SSSR count). The highest BCUT2D eigenvalue weighted by Crippen LogP contribution is 1.98. The molecule has 0 radical (unpaired) electrons. The molecule has 0 atom stereocenters. The average Bonchev–Trinajstić information content (AvgIpc) is 1.83. The molecular formula is C4H9NOS2. The van der Waals surface area contributed by atoms with Crippen LogP contribution >= 0.6 is 24.0 Å². The maximum atomic E-state index is 8.30. The first-order chi connectivity index (χ1) is 3.81. The normalized spacial score (nSPS) is 8.75. The second-order valence-electron chi connectivity index (χ2n) is 1.11. The van der Waals surface area contributed by atoms with Gasteiger partial charge in [0.05, 0.1) is 6.61 Å². The summed E-state index contributed by atoms with van der Waals surface area (Å²) in [5.74, 6) is 0.680. The molecule has 0 aliphatic heterocycles. The third-order valence-corrected chi connectivity index (χ3v) is 1.94. The van der Waals surface area contributed by atoms with Gasteiger partial charge >= 0.3 is 0 Å². The third kappa shape index (κ3) is 4.36. The van der Waals surface area contributed by atoms with Crippen molar-refractivity contribution in [3.63, 3.8) is 0 Å². The van der Waals surface area contributed by atoms with Gasteiger partial charge in [0.1, 0.15) is 4.32 Å². The van der Waals surface area contributed by atoms with Crippen LogP contribution in [0.15, 0.2) is 0 Å². The topological polar surface area (TPSA) is 32.3 Å². The van der Waals surface area contributed by atoms with E-state index in [4.69, 9.17) is 17.3 Å². The Morgan fingerprint density at radius 3 is 2.88 bits per heavy atom. The Kier molecular flexibility index (Phi) is 5.47. The number of rotatable bonds is 2. The monoisotopic (exact) mass is 151 g/mol. The highest BCUT2D eigenvalue weighted by Gasteiger charge is 1.89. The van der Waals surface area contributed by atoms with E-state index in [2.05, 4.69) is 5.32 Å². The maximum absolute atomic E-state index is 8.30. The largest absolute Gasteiger partial charge is 0.396 e. The zero-order valence-electron chi connectivity index (χ0n) is 4.68. The zero-order valence-corrected chi connectivity index (χ0v) is 6.31. The molecule has 0 aromatic rings. The fraction of sp³-hybridized carbons (Fsp3) is 0.750. The molecule has 0 saturated heterocycles. The van der Waals surface area contributed by atoms with E-state index in [0.29, 0.717) is 5.75 Å². The first kappa shape index (κ1) is 8.20. The van der Waals surface area contributed by atoms with Crippen LogP contribution in [0.2, 0.25) is 0 Å². The SMILES string of the molecule is CNC(=S)SCCO. The van der Waals surface area contributed by atoms with Crippen molar-refractivity contribution in [3.05, 3.63) is 0 Å². The van der Waals surface area contributed by atoms with Gasteiger partial charge in [-0.25, -0.2) is 0 Å². The maximum Gasteiger partial charge on any atom is 0.133 e. The minimum atomic E-state index is 0.187. The Bertz CT molecular complexity index is 76.4.